The first kappa shape index (κ1) is 41.0. The van der Waals surface area contributed by atoms with Gasteiger partial charge in [-0.1, -0.05) is 59.3 Å². The quantitative estimate of drug-likeness (QED) is 0.162. The van der Waals surface area contributed by atoms with Crippen molar-refractivity contribution in [3.63, 3.8) is 0 Å². The van der Waals surface area contributed by atoms with Crippen LogP contribution in [-0.2, 0) is 29.0 Å². The summed E-state index contributed by atoms with van der Waals surface area (Å²) in [5.41, 5.74) is -1.78. The smallest absolute Gasteiger partial charge is 0.315 e. The Bertz CT molecular complexity index is 1580. The highest BCUT2D eigenvalue weighted by Crippen LogP contribution is 2.65. The number of Topliss-reactive ketones (excluding diaryl/α,β-unsaturated/α-hetero) is 1. The molecule has 0 aromatic rings. The molecule has 0 spiro atoms. The summed E-state index contributed by atoms with van der Waals surface area (Å²) < 4.78 is 25.9. The summed E-state index contributed by atoms with van der Waals surface area (Å²) in [4.78, 5) is 71.1. The lowest BCUT2D eigenvalue weighted by molar-refractivity contribution is -0.146. The maximum atomic E-state index is 14.9. The van der Waals surface area contributed by atoms with Crippen LogP contribution in [-0.4, -0.2) is 89.6 Å². The number of piperidine rings is 1. The molecule has 0 aromatic carbocycles. The van der Waals surface area contributed by atoms with E-state index in [-0.39, 0.29) is 47.8 Å². The monoisotopic (exact) mass is 757 g/mol. The number of amides is 5. The zero-order chi connectivity index (χ0) is 39.0. The largest absolute Gasteiger partial charge is 0.347 e. The molecule has 0 radical (unpaired) electrons. The van der Waals surface area contributed by atoms with E-state index in [9.17, 15) is 32.4 Å². The third kappa shape index (κ3) is 8.73. The summed E-state index contributed by atoms with van der Waals surface area (Å²) in [5.74, 6) is -0.160. The van der Waals surface area contributed by atoms with Crippen LogP contribution in [0.5, 0.6) is 0 Å². The van der Waals surface area contributed by atoms with E-state index in [4.69, 9.17) is 6.42 Å². The van der Waals surface area contributed by atoms with Gasteiger partial charge in [-0.05, 0) is 94.8 Å². The van der Waals surface area contributed by atoms with Gasteiger partial charge in [0.1, 0.15) is 12.1 Å². The van der Waals surface area contributed by atoms with Crippen molar-refractivity contribution >= 4 is 39.4 Å². The highest BCUT2D eigenvalue weighted by atomic mass is 32.2. The van der Waals surface area contributed by atoms with Crippen molar-refractivity contribution in [3.8, 4) is 12.3 Å². The highest BCUT2D eigenvalue weighted by molar-refractivity contribution is 7.92. The lowest BCUT2D eigenvalue weighted by Crippen LogP contribution is -2.65. The van der Waals surface area contributed by atoms with Gasteiger partial charge in [-0.15, -0.1) is 12.3 Å². The summed E-state index contributed by atoms with van der Waals surface area (Å²) in [6, 6.07) is -3.64. The van der Waals surface area contributed by atoms with Crippen LogP contribution in [0.25, 0.3) is 0 Å². The van der Waals surface area contributed by atoms with Crippen LogP contribution in [0.4, 0.5) is 4.79 Å². The Kier molecular flexibility index (Phi) is 12.0. The van der Waals surface area contributed by atoms with E-state index in [1.807, 2.05) is 6.92 Å². The van der Waals surface area contributed by atoms with Gasteiger partial charge >= 0.3 is 6.03 Å². The Hall–Kier alpha value is -3.14. The minimum Gasteiger partial charge on any atom is -0.347 e. The van der Waals surface area contributed by atoms with E-state index in [0.717, 1.165) is 57.8 Å². The number of carbonyl (C=O) groups excluding carboxylic acids is 5. The van der Waals surface area contributed by atoms with Crippen molar-refractivity contribution in [1.82, 2.24) is 26.2 Å². The van der Waals surface area contributed by atoms with Crippen LogP contribution in [0.3, 0.4) is 0 Å². The molecule has 5 aliphatic rings. The van der Waals surface area contributed by atoms with E-state index in [0.29, 0.717) is 32.2 Å². The van der Waals surface area contributed by atoms with Crippen LogP contribution < -0.4 is 21.3 Å². The lowest BCUT2D eigenvalue weighted by Gasteiger charge is -2.44. The second-order valence-corrected chi connectivity index (χ2v) is 21.4. The van der Waals surface area contributed by atoms with Gasteiger partial charge in [0.15, 0.2) is 9.84 Å². The topological polar surface area (TPSA) is 171 Å². The molecule has 296 valence electrons. The first-order chi connectivity index (χ1) is 24.8. The summed E-state index contributed by atoms with van der Waals surface area (Å²) in [6.45, 7) is 11.5. The number of rotatable bonds is 13. The van der Waals surface area contributed by atoms with Gasteiger partial charge in [0.25, 0.3) is 5.91 Å². The molecule has 1 saturated heterocycles. The summed E-state index contributed by atoms with van der Waals surface area (Å²) in [7, 11) is -3.58. The van der Waals surface area contributed by atoms with Crippen molar-refractivity contribution in [2.45, 2.75) is 172 Å². The van der Waals surface area contributed by atoms with Gasteiger partial charge in [0.05, 0.1) is 22.1 Å². The minimum absolute atomic E-state index is 0.0470. The number of nitrogens with zero attached hydrogens (tertiary/aromatic N) is 1. The van der Waals surface area contributed by atoms with Gasteiger partial charge in [-0.2, -0.15) is 0 Å². The molecule has 53 heavy (non-hydrogen) atoms. The predicted molar refractivity (Wildman–Crippen MR) is 203 cm³/mol. The Balaban J connectivity index is 1.39. The number of hydrogen-bond donors (Lipinski definition) is 4. The molecule has 4 aliphatic carbocycles. The molecular formula is C40H63N5O7S. The summed E-state index contributed by atoms with van der Waals surface area (Å²) >= 11 is 0. The molecule has 4 N–H and O–H groups in total. The van der Waals surface area contributed by atoms with Gasteiger partial charge in [0, 0.05) is 19.0 Å². The van der Waals surface area contributed by atoms with E-state index in [1.165, 1.54) is 0 Å². The van der Waals surface area contributed by atoms with E-state index < -0.39 is 67.3 Å². The standard InChI is InChI=1S/C40H63N5O7S/c1-8-9-19-28(31(46)34(48)41-26-17-16-18-26)42-33(47)30-29-27(38(29,5)6)24-45(30)35(49)32(39(7)20-12-10-13-21-39)43-36(50)44-40(22-14-11-15-23-40)25-53(51,52)37(2,3)4/h1,26-30,32H,9-25H2,2-7H3,(H,41,48)(H,42,47)(H2,43,44,50)/t27-,28?,29-,30-,32+/m0/s1. The molecular weight excluding hydrogens is 695 g/mol. The second kappa shape index (κ2) is 15.5. The maximum absolute atomic E-state index is 14.9. The van der Waals surface area contributed by atoms with Crippen molar-refractivity contribution in [1.29, 1.82) is 0 Å². The molecule has 1 unspecified atom stereocenters. The van der Waals surface area contributed by atoms with Crippen LogP contribution in [0, 0.1) is 35.0 Å². The summed E-state index contributed by atoms with van der Waals surface area (Å²) in [6.07, 6.45) is 16.2. The van der Waals surface area contributed by atoms with Gasteiger partial charge in [0.2, 0.25) is 17.6 Å². The number of ketones is 1. The molecule has 5 amide bonds. The van der Waals surface area contributed by atoms with Crippen LogP contribution in [0.1, 0.15) is 138 Å². The number of nitrogens with one attached hydrogen (secondary N) is 4. The average Bonchev–Trinajstić information content (AvgIpc) is 3.36. The zero-order valence-electron chi connectivity index (χ0n) is 32.8. The van der Waals surface area contributed by atoms with Gasteiger partial charge in [-0.25, -0.2) is 13.2 Å². The number of fused-ring (bicyclic) bond motifs is 1. The van der Waals surface area contributed by atoms with Crippen molar-refractivity contribution in [2.75, 3.05) is 12.3 Å². The second-order valence-electron chi connectivity index (χ2n) is 18.6. The van der Waals surface area contributed by atoms with Crippen molar-refractivity contribution in [3.05, 3.63) is 0 Å². The molecule has 1 aliphatic heterocycles. The third-order valence-electron chi connectivity index (χ3n) is 13.4. The third-order valence-corrected chi connectivity index (χ3v) is 16.2. The number of hydrogen-bond acceptors (Lipinski definition) is 7. The Labute approximate surface area is 316 Å². The number of terminal acetylenes is 1. The van der Waals surface area contributed by atoms with Gasteiger partial charge < -0.3 is 26.2 Å². The average molecular weight is 758 g/mol. The van der Waals surface area contributed by atoms with Crippen molar-refractivity contribution in [2.24, 2.45) is 22.7 Å². The number of urea groups is 1. The molecule has 5 fully saturated rings. The first-order valence-corrected chi connectivity index (χ1v) is 21.6. The molecule has 12 nitrogen and oxygen atoms in total. The molecule has 0 bridgehead atoms. The Morgan fingerprint density at radius 2 is 1.49 bits per heavy atom. The number of carbonyl (C=O) groups is 5. The van der Waals surface area contributed by atoms with Crippen LogP contribution >= 0.6 is 0 Å². The molecule has 5 atom stereocenters. The number of likely N-dealkylation sites (tertiary alicyclic amines) is 1. The highest BCUT2D eigenvalue weighted by Gasteiger charge is 2.70. The van der Waals surface area contributed by atoms with Crippen molar-refractivity contribution < 1.29 is 32.4 Å². The number of sulfone groups is 1. The minimum atomic E-state index is -3.58. The fraction of sp³-hybridized carbons (Fsp3) is 0.825. The molecule has 4 saturated carbocycles. The Morgan fingerprint density at radius 3 is 2.04 bits per heavy atom. The van der Waals surface area contributed by atoms with Gasteiger partial charge in [-0.3, -0.25) is 19.2 Å². The fourth-order valence-electron chi connectivity index (χ4n) is 9.40. The zero-order valence-corrected chi connectivity index (χ0v) is 33.6. The Morgan fingerprint density at radius 1 is 0.887 bits per heavy atom. The van der Waals surface area contributed by atoms with E-state index in [2.05, 4.69) is 41.0 Å². The van der Waals surface area contributed by atoms with E-state index >= 15 is 0 Å². The summed E-state index contributed by atoms with van der Waals surface area (Å²) in [5, 5.41) is 11.7. The van der Waals surface area contributed by atoms with Crippen LogP contribution in [0.15, 0.2) is 0 Å². The van der Waals surface area contributed by atoms with Crippen LogP contribution in [0.2, 0.25) is 0 Å². The molecule has 1 heterocycles. The predicted octanol–water partition coefficient (Wildman–Crippen LogP) is 4.16. The molecule has 0 aromatic heterocycles. The SMILES string of the molecule is C#CCCC(NC(=O)[C@@H]1[C@@H]2[C@H](CN1C(=O)[C@@H](NC(=O)NC1(CS(=O)(=O)C(C)(C)C)CCCCC1)C1(C)CCCCC1)C2(C)C)C(=O)C(=O)NC1CCC1. The molecule has 13 heteroatoms. The van der Waals surface area contributed by atoms with E-state index in [1.54, 1.807) is 25.7 Å². The maximum Gasteiger partial charge on any atom is 0.315 e. The first-order valence-electron chi connectivity index (χ1n) is 20.0. The lowest BCUT2D eigenvalue weighted by atomic mass is 9.70. The normalized spacial score (nSPS) is 27.1. The fourth-order valence-corrected chi connectivity index (χ4v) is 10.9. The molecule has 5 rings (SSSR count).